The van der Waals surface area contributed by atoms with Crippen molar-refractivity contribution in [1.82, 2.24) is 9.80 Å². The van der Waals surface area contributed by atoms with Gasteiger partial charge in [-0.15, -0.1) is 0 Å². The first kappa shape index (κ1) is 32.8. The standard InChI is InChI=1S/C19H31N.C18H28FN/c1-14(2)17-8-10-20(11-9-17)13-19-12-18(15(3)4)7-6-16(19)5;1-13(2)16-7-9-20(10-8-16)12-15-5-6-18(19)17(11-15)14(3)4/h6-7,12,14-15,17H,8-11,13H2,1-5H3;5-6,11,13-14,16H,7-10,12H2,1-4H3. The van der Waals surface area contributed by atoms with E-state index in [1.54, 1.807) is 6.07 Å². The number of rotatable bonds is 8. The van der Waals surface area contributed by atoms with E-state index < -0.39 is 0 Å². The van der Waals surface area contributed by atoms with Crippen LogP contribution in [0.2, 0.25) is 0 Å². The van der Waals surface area contributed by atoms with Crippen LogP contribution < -0.4 is 0 Å². The molecule has 224 valence electrons. The molecule has 2 nitrogen and oxygen atoms in total. The van der Waals surface area contributed by atoms with E-state index in [1.165, 1.54) is 74.1 Å². The lowest BCUT2D eigenvalue weighted by Gasteiger charge is -2.34. The maximum absolute atomic E-state index is 13.7. The van der Waals surface area contributed by atoms with Crippen molar-refractivity contribution in [3.05, 3.63) is 70.0 Å². The maximum Gasteiger partial charge on any atom is 0.126 e. The van der Waals surface area contributed by atoms with Gasteiger partial charge in [0.1, 0.15) is 5.82 Å². The van der Waals surface area contributed by atoms with Gasteiger partial charge in [-0.05, 0) is 128 Å². The Balaban J connectivity index is 0.000000220. The lowest BCUT2D eigenvalue weighted by molar-refractivity contribution is 0.151. The van der Waals surface area contributed by atoms with Gasteiger partial charge in [0.25, 0.3) is 0 Å². The number of hydrogen-bond donors (Lipinski definition) is 0. The summed E-state index contributed by atoms with van der Waals surface area (Å²) in [6, 6.07) is 12.6. The van der Waals surface area contributed by atoms with Crippen molar-refractivity contribution in [1.29, 1.82) is 0 Å². The molecule has 0 unspecified atom stereocenters. The number of hydrogen-bond acceptors (Lipinski definition) is 2. The van der Waals surface area contributed by atoms with Crippen LogP contribution in [0.4, 0.5) is 4.39 Å². The van der Waals surface area contributed by atoms with Gasteiger partial charge in [0.05, 0.1) is 0 Å². The Morgan fingerprint density at radius 1 is 0.675 bits per heavy atom. The zero-order valence-corrected chi connectivity index (χ0v) is 27.3. The van der Waals surface area contributed by atoms with E-state index in [-0.39, 0.29) is 11.7 Å². The van der Waals surface area contributed by atoms with E-state index in [1.807, 2.05) is 6.07 Å². The van der Waals surface area contributed by atoms with Crippen LogP contribution in [0.3, 0.4) is 0 Å². The zero-order valence-electron chi connectivity index (χ0n) is 27.3. The first-order valence-corrected chi connectivity index (χ1v) is 16.3. The molecule has 0 N–H and O–H groups in total. The molecule has 0 radical (unpaired) electrons. The highest BCUT2D eigenvalue weighted by Gasteiger charge is 2.23. The lowest BCUT2D eigenvalue weighted by Crippen LogP contribution is -2.34. The monoisotopic (exact) mass is 550 g/mol. The predicted molar refractivity (Wildman–Crippen MR) is 171 cm³/mol. The molecule has 2 fully saturated rings. The van der Waals surface area contributed by atoms with Gasteiger partial charge in [-0.3, -0.25) is 9.80 Å². The molecule has 0 bridgehead atoms. The summed E-state index contributed by atoms with van der Waals surface area (Å²) in [5, 5.41) is 0. The number of halogens is 1. The van der Waals surface area contributed by atoms with E-state index in [9.17, 15) is 4.39 Å². The third-order valence-corrected chi connectivity index (χ3v) is 9.67. The van der Waals surface area contributed by atoms with E-state index in [0.29, 0.717) is 5.92 Å². The van der Waals surface area contributed by atoms with Gasteiger partial charge in [-0.25, -0.2) is 4.39 Å². The molecule has 0 saturated carbocycles. The highest BCUT2D eigenvalue weighted by molar-refractivity contribution is 5.32. The van der Waals surface area contributed by atoms with Gasteiger partial charge in [0.15, 0.2) is 0 Å². The summed E-state index contributed by atoms with van der Waals surface area (Å²) in [7, 11) is 0. The molecule has 2 aromatic carbocycles. The molecular weight excluding hydrogens is 491 g/mol. The average molecular weight is 551 g/mol. The molecule has 2 aliphatic rings. The minimum atomic E-state index is -0.0673. The summed E-state index contributed by atoms with van der Waals surface area (Å²) >= 11 is 0. The SMILES string of the molecule is CC(C)c1cc(CN2CCC(C(C)C)CC2)ccc1F.Cc1ccc(C(C)C)cc1CN1CCC(C(C)C)CC1. The van der Waals surface area contributed by atoms with Gasteiger partial charge in [-0.1, -0.05) is 85.7 Å². The maximum atomic E-state index is 13.7. The minimum absolute atomic E-state index is 0.0673. The Kier molecular flexibility index (Phi) is 12.7. The second-order valence-electron chi connectivity index (χ2n) is 14.1. The lowest BCUT2D eigenvalue weighted by atomic mass is 9.86. The molecule has 0 amide bonds. The van der Waals surface area contributed by atoms with Gasteiger partial charge in [-0.2, -0.15) is 0 Å². The summed E-state index contributed by atoms with van der Waals surface area (Å²) in [6.45, 7) is 27.3. The van der Waals surface area contributed by atoms with Crippen molar-refractivity contribution >= 4 is 0 Å². The quantitative estimate of drug-likeness (QED) is 0.323. The van der Waals surface area contributed by atoms with Crippen LogP contribution in [0, 0.1) is 36.4 Å². The van der Waals surface area contributed by atoms with Gasteiger partial charge < -0.3 is 0 Å². The first-order valence-electron chi connectivity index (χ1n) is 16.3. The molecule has 2 aromatic rings. The molecule has 2 aliphatic heterocycles. The van der Waals surface area contributed by atoms with E-state index in [2.05, 4.69) is 96.4 Å². The van der Waals surface area contributed by atoms with Crippen molar-refractivity contribution < 1.29 is 4.39 Å². The second-order valence-corrected chi connectivity index (χ2v) is 14.1. The Labute approximate surface area is 246 Å². The van der Waals surface area contributed by atoms with Crippen LogP contribution >= 0.6 is 0 Å². The molecule has 40 heavy (non-hydrogen) atoms. The number of piperidine rings is 2. The molecule has 0 aliphatic carbocycles. The van der Waals surface area contributed by atoms with Crippen molar-refractivity contribution in [2.24, 2.45) is 23.7 Å². The highest BCUT2D eigenvalue weighted by Crippen LogP contribution is 2.28. The average Bonchev–Trinajstić information content (AvgIpc) is 2.91. The summed E-state index contributed by atoms with van der Waals surface area (Å²) in [4.78, 5) is 5.15. The largest absolute Gasteiger partial charge is 0.299 e. The Morgan fingerprint density at radius 3 is 1.68 bits per heavy atom. The van der Waals surface area contributed by atoms with Crippen LogP contribution in [0.5, 0.6) is 0 Å². The Morgan fingerprint density at radius 2 is 1.20 bits per heavy atom. The molecule has 0 atom stereocenters. The molecular formula is C37H59FN2. The van der Waals surface area contributed by atoms with Gasteiger partial charge in [0.2, 0.25) is 0 Å². The van der Waals surface area contributed by atoms with Crippen molar-refractivity contribution in [3.8, 4) is 0 Å². The molecule has 2 heterocycles. The fraction of sp³-hybridized carbons (Fsp3) is 0.676. The van der Waals surface area contributed by atoms with Crippen molar-refractivity contribution in [2.75, 3.05) is 26.2 Å². The second kappa shape index (κ2) is 15.5. The fourth-order valence-electron chi connectivity index (χ4n) is 6.41. The van der Waals surface area contributed by atoms with Crippen LogP contribution in [0.25, 0.3) is 0 Å². The van der Waals surface area contributed by atoms with Crippen molar-refractivity contribution in [3.63, 3.8) is 0 Å². The molecule has 3 heteroatoms. The van der Waals surface area contributed by atoms with E-state index in [4.69, 9.17) is 0 Å². The number of nitrogens with zero attached hydrogens (tertiary/aromatic N) is 2. The number of benzene rings is 2. The van der Waals surface area contributed by atoms with Crippen LogP contribution in [0.15, 0.2) is 36.4 Å². The van der Waals surface area contributed by atoms with E-state index >= 15 is 0 Å². The highest BCUT2D eigenvalue weighted by atomic mass is 19.1. The van der Waals surface area contributed by atoms with Crippen LogP contribution in [0.1, 0.15) is 121 Å². The smallest absolute Gasteiger partial charge is 0.126 e. The van der Waals surface area contributed by atoms with Crippen LogP contribution in [-0.4, -0.2) is 36.0 Å². The van der Waals surface area contributed by atoms with Crippen LogP contribution in [-0.2, 0) is 13.1 Å². The Hall–Kier alpha value is -1.71. The summed E-state index contributed by atoms with van der Waals surface area (Å²) in [5.41, 5.74) is 6.54. The summed E-state index contributed by atoms with van der Waals surface area (Å²) in [6.07, 6.45) is 5.35. The normalized spacial score (nSPS) is 18.1. The molecule has 4 rings (SSSR count). The third kappa shape index (κ3) is 9.69. The summed E-state index contributed by atoms with van der Waals surface area (Å²) < 4.78 is 13.7. The fourth-order valence-corrected chi connectivity index (χ4v) is 6.41. The number of likely N-dealkylation sites (tertiary alicyclic amines) is 2. The Bertz CT molecular complexity index is 1020. The molecule has 2 saturated heterocycles. The molecule has 0 aromatic heterocycles. The van der Waals surface area contributed by atoms with Crippen molar-refractivity contribution in [2.45, 2.75) is 113 Å². The topological polar surface area (TPSA) is 6.48 Å². The van der Waals surface area contributed by atoms with Gasteiger partial charge in [0, 0.05) is 13.1 Å². The summed E-state index contributed by atoms with van der Waals surface area (Å²) in [5.74, 6) is 4.28. The van der Waals surface area contributed by atoms with E-state index in [0.717, 1.165) is 42.3 Å². The third-order valence-electron chi connectivity index (χ3n) is 9.67. The first-order chi connectivity index (χ1) is 18.9. The minimum Gasteiger partial charge on any atom is -0.299 e. The number of aryl methyl sites for hydroxylation is 1. The predicted octanol–water partition coefficient (Wildman–Crippen LogP) is 9.80. The van der Waals surface area contributed by atoms with Gasteiger partial charge >= 0.3 is 0 Å². The molecule has 0 spiro atoms. The zero-order chi connectivity index (χ0) is 29.4.